The molecule has 0 radical (unpaired) electrons. The van der Waals surface area contributed by atoms with Gasteiger partial charge in [0.2, 0.25) is 0 Å². The molecule has 0 spiro atoms. The third-order valence-corrected chi connectivity index (χ3v) is 2.82. The third-order valence-electron chi connectivity index (χ3n) is 2.82. The molecule has 0 aliphatic heterocycles. The minimum atomic E-state index is -4.55. The van der Waals surface area contributed by atoms with Crippen LogP contribution in [0, 0.1) is 11.7 Å². The quantitative estimate of drug-likeness (QED) is 0.779. The first-order valence-electron chi connectivity index (χ1n) is 5.02. The summed E-state index contributed by atoms with van der Waals surface area (Å²) in [7, 11) is 0. The maximum absolute atomic E-state index is 13.4. The molecule has 2 rings (SSSR count). The summed E-state index contributed by atoms with van der Waals surface area (Å²) in [4.78, 5) is 0. The molecule has 0 saturated heterocycles. The van der Waals surface area contributed by atoms with E-state index in [9.17, 15) is 17.6 Å². The van der Waals surface area contributed by atoms with Gasteiger partial charge in [-0.1, -0.05) is 6.07 Å². The molecule has 5 heteroatoms. The molecular weight excluding hydrogens is 222 g/mol. The van der Waals surface area contributed by atoms with Gasteiger partial charge in [-0.25, -0.2) is 4.39 Å². The highest BCUT2D eigenvalue weighted by atomic mass is 19.4. The molecule has 88 valence electrons. The van der Waals surface area contributed by atoms with Gasteiger partial charge in [-0.15, -0.1) is 0 Å². The zero-order chi connectivity index (χ0) is 11.9. The highest BCUT2D eigenvalue weighted by molar-refractivity contribution is 5.34. The highest BCUT2D eigenvalue weighted by Crippen LogP contribution is 2.44. The number of alkyl halides is 3. The molecule has 0 heterocycles. The molecule has 1 aromatic carbocycles. The standard InChI is InChI=1S/C11H11F4N/c12-8-3-1-2-7(11(13,14)15)9(8)10(16)6-4-5-6/h1-3,6,10H,4-5,16H2/t10-/m1/s1. The Morgan fingerprint density at radius 1 is 1.25 bits per heavy atom. The van der Waals surface area contributed by atoms with Crippen molar-refractivity contribution in [2.75, 3.05) is 0 Å². The van der Waals surface area contributed by atoms with E-state index in [1.54, 1.807) is 0 Å². The number of hydrogen-bond acceptors (Lipinski definition) is 1. The Balaban J connectivity index is 2.48. The lowest BCUT2D eigenvalue weighted by Crippen LogP contribution is -2.20. The largest absolute Gasteiger partial charge is 0.416 e. The topological polar surface area (TPSA) is 26.0 Å². The van der Waals surface area contributed by atoms with Gasteiger partial charge in [0, 0.05) is 11.6 Å². The lowest BCUT2D eigenvalue weighted by molar-refractivity contribution is -0.138. The fraction of sp³-hybridized carbons (Fsp3) is 0.455. The Morgan fingerprint density at radius 3 is 2.38 bits per heavy atom. The van der Waals surface area contributed by atoms with Gasteiger partial charge in [0.1, 0.15) is 5.82 Å². The SMILES string of the molecule is N[C@@H](c1c(F)cccc1C(F)(F)F)C1CC1. The van der Waals surface area contributed by atoms with E-state index >= 15 is 0 Å². The van der Waals surface area contributed by atoms with Crippen LogP contribution in [0.25, 0.3) is 0 Å². The van der Waals surface area contributed by atoms with E-state index in [0.717, 1.165) is 31.0 Å². The first-order chi connectivity index (χ1) is 7.41. The molecule has 1 nitrogen and oxygen atoms in total. The lowest BCUT2D eigenvalue weighted by atomic mass is 9.96. The summed E-state index contributed by atoms with van der Waals surface area (Å²) >= 11 is 0. The Labute approximate surface area is 90.3 Å². The van der Waals surface area contributed by atoms with E-state index in [4.69, 9.17) is 5.73 Å². The molecule has 1 aromatic rings. The zero-order valence-electron chi connectivity index (χ0n) is 8.39. The summed E-state index contributed by atoms with van der Waals surface area (Å²) in [5, 5.41) is 0. The van der Waals surface area contributed by atoms with Gasteiger partial charge in [0.15, 0.2) is 0 Å². The van der Waals surface area contributed by atoms with Crippen molar-refractivity contribution in [1.29, 1.82) is 0 Å². The summed E-state index contributed by atoms with van der Waals surface area (Å²) in [6.45, 7) is 0. The van der Waals surface area contributed by atoms with Crippen molar-refractivity contribution < 1.29 is 17.6 Å². The van der Waals surface area contributed by atoms with Crippen molar-refractivity contribution in [2.24, 2.45) is 11.7 Å². The molecule has 1 saturated carbocycles. The third kappa shape index (κ3) is 2.04. The molecule has 1 aliphatic carbocycles. The average Bonchev–Trinajstić information content (AvgIpc) is 2.98. The predicted molar refractivity (Wildman–Crippen MR) is 51.1 cm³/mol. The number of nitrogens with two attached hydrogens (primary N) is 1. The van der Waals surface area contributed by atoms with E-state index in [1.165, 1.54) is 0 Å². The van der Waals surface area contributed by atoms with E-state index in [1.807, 2.05) is 0 Å². The Kier molecular flexibility index (Phi) is 2.66. The Hall–Kier alpha value is -1.10. The average molecular weight is 233 g/mol. The highest BCUT2D eigenvalue weighted by Gasteiger charge is 2.40. The minimum Gasteiger partial charge on any atom is -0.324 e. The Bertz CT molecular complexity index is 395. The normalized spacial score (nSPS) is 18.6. The molecule has 0 unspecified atom stereocenters. The molecule has 16 heavy (non-hydrogen) atoms. The van der Waals surface area contributed by atoms with E-state index in [-0.39, 0.29) is 5.92 Å². The van der Waals surface area contributed by atoms with Crippen LogP contribution in [0.15, 0.2) is 18.2 Å². The van der Waals surface area contributed by atoms with Crippen molar-refractivity contribution in [1.82, 2.24) is 0 Å². The van der Waals surface area contributed by atoms with Crippen LogP contribution in [-0.4, -0.2) is 0 Å². The lowest BCUT2D eigenvalue weighted by Gasteiger charge is -2.18. The van der Waals surface area contributed by atoms with E-state index < -0.39 is 29.2 Å². The van der Waals surface area contributed by atoms with Crippen molar-refractivity contribution in [2.45, 2.75) is 25.1 Å². The summed E-state index contributed by atoms with van der Waals surface area (Å²) in [5.41, 5.74) is 4.32. The van der Waals surface area contributed by atoms with Gasteiger partial charge >= 0.3 is 6.18 Å². The molecule has 1 fully saturated rings. The fourth-order valence-electron chi connectivity index (χ4n) is 1.81. The minimum absolute atomic E-state index is 0.0157. The van der Waals surface area contributed by atoms with Gasteiger partial charge < -0.3 is 5.73 Å². The summed E-state index contributed by atoms with van der Waals surface area (Å²) < 4.78 is 51.4. The van der Waals surface area contributed by atoms with Crippen LogP contribution in [0.4, 0.5) is 17.6 Å². The van der Waals surface area contributed by atoms with Crippen molar-refractivity contribution in [3.63, 3.8) is 0 Å². The fourth-order valence-corrected chi connectivity index (χ4v) is 1.81. The summed E-state index contributed by atoms with van der Waals surface area (Å²) in [6, 6.07) is 2.10. The number of rotatable bonds is 2. The molecular formula is C11H11F4N. The molecule has 2 N–H and O–H groups in total. The second-order valence-corrected chi connectivity index (χ2v) is 4.06. The summed E-state index contributed by atoms with van der Waals surface area (Å²) in [5.74, 6) is -0.882. The molecule has 0 bridgehead atoms. The maximum atomic E-state index is 13.4. The van der Waals surface area contributed by atoms with Gasteiger partial charge in [-0.3, -0.25) is 0 Å². The summed E-state index contributed by atoms with van der Waals surface area (Å²) in [6.07, 6.45) is -3.01. The van der Waals surface area contributed by atoms with E-state index in [2.05, 4.69) is 0 Å². The van der Waals surface area contributed by atoms with Crippen molar-refractivity contribution >= 4 is 0 Å². The zero-order valence-corrected chi connectivity index (χ0v) is 8.39. The Morgan fingerprint density at radius 2 is 1.88 bits per heavy atom. The van der Waals surface area contributed by atoms with Crippen molar-refractivity contribution in [3.05, 3.63) is 35.1 Å². The predicted octanol–water partition coefficient (Wildman–Crippen LogP) is 3.25. The molecule has 1 aliphatic rings. The second kappa shape index (κ2) is 3.73. The van der Waals surface area contributed by atoms with Gasteiger partial charge in [-0.2, -0.15) is 13.2 Å². The van der Waals surface area contributed by atoms with Crippen LogP contribution >= 0.6 is 0 Å². The van der Waals surface area contributed by atoms with Crippen LogP contribution in [0.5, 0.6) is 0 Å². The molecule has 0 amide bonds. The molecule has 0 aromatic heterocycles. The van der Waals surface area contributed by atoms with Gasteiger partial charge in [0.05, 0.1) is 5.56 Å². The molecule has 1 atom stereocenters. The second-order valence-electron chi connectivity index (χ2n) is 4.06. The van der Waals surface area contributed by atoms with Gasteiger partial charge in [-0.05, 0) is 30.9 Å². The number of hydrogen-bond donors (Lipinski definition) is 1. The smallest absolute Gasteiger partial charge is 0.324 e. The van der Waals surface area contributed by atoms with Crippen LogP contribution < -0.4 is 5.73 Å². The maximum Gasteiger partial charge on any atom is 0.416 e. The number of halogens is 4. The monoisotopic (exact) mass is 233 g/mol. The van der Waals surface area contributed by atoms with E-state index in [0.29, 0.717) is 0 Å². The van der Waals surface area contributed by atoms with Gasteiger partial charge in [0.25, 0.3) is 0 Å². The van der Waals surface area contributed by atoms with Crippen LogP contribution in [-0.2, 0) is 6.18 Å². The first kappa shape index (κ1) is 11.4. The van der Waals surface area contributed by atoms with Crippen molar-refractivity contribution in [3.8, 4) is 0 Å². The van der Waals surface area contributed by atoms with Crippen LogP contribution in [0.2, 0.25) is 0 Å². The number of benzene rings is 1. The first-order valence-corrected chi connectivity index (χ1v) is 5.02. The van der Waals surface area contributed by atoms with Crippen LogP contribution in [0.1, 0.15) is 30.0 Å². The van der Waals surface area contributed by atoms with Crippen LogP contribution in [0.3, 0.4) is 0 Å².